The number of pyridine rings is 1. The van der Waals surface area contributed by atoms with Crippen LogP contribution in [0.2, 0.25) is 0 Å². The standard InChI is InChI=1S/C26H34N4O4/c1-26(2,3)14-17(24(33)29-18(15-27)11-16-7-5-6-8-22(16)31)12-23(32)21-13-19-20(30-21)9-10-28-25(19)34-4/h9-10,13,16-18,30H,5-8,11-12,14H2,1-4H3,(H,29,33)/t16-,17-,18-/m0/s1. The van der Waals surface area contributed by atoms with Crippen LogP contribution in [0.15, 0.2) is 18.3 Å². The van der Waals surface area contributed by atoms with Gasteiger partial charge in [-0.3, -0.25) is 14.4 Å². The normalized spacial score (nSPS) is 18.2. The summed E-state index contributed by atoms with van der Waals surface area (Å²) in [7, 11) is 1.52. The molecule has 1 aliphatic carbocycles. The number of carbonyl (C=O) groups excluding carboxylic acids is 3. The van der Waals surface area contributed by atoms with Gasteiger partial charge in [-0.25, -0.2) is 4.98 Å². The van der Waals surface area contributed by atoms with Gasteiger partial charge in [-0.2, -0.15) is 5.26 Å². The fourth-order valence-electron chi connectivity index (χ4n) is 4.69. The van der Waals surface area contributed by atoms with Crippen LogP contribution in [0.25, 0.3) is 10.9 Å². The smallest absolute Gasteiger partial charge is 0.224 e. The van der Waals surface area contributed by atoms with Crippen molar-refractivity contribution in [1.29, 1.82) is 5.26 Å². The molecule has 2 aromatic rings. The average Bonchev–Trinajstić information content (AvgIpc) is 3.23. The molecule has 0 radical (unpaired) electrons. The number of methoxy groups -OCH3 is 1. The molecule has 2 heterocycles. The van der Waals surface area contributed by atoms with E-state index < -0.39 is 12.0 Å². The minimum Gasteiger partial charge on any atom is -0.481 e. The molecule has 0 aliphatic heterocycles. The van der Waals surface area contributed by atoms with E-state index in [1.54, 1.807) is 18.3 Å². The number of nitrogens with zero attached hydrogens (tertiary/aromatic N) is 2. The van der Waals surface area contributed by atoms with Crippen LogP contribution in [0, 0.1) is 28.6 Å². The van der Waals surface area contributed by atoms with Crippen LogP contribution in [0.4, 0.5) is 0 Å². The van der Waals surface area contributed by atoms with E-state index in [-0.39, 0.29) is 35.2 Å². The second-order valence-electron chi connectivity index (χ2n) is 10.4. The number of aromatic nitrogens is 2. The van der Waals surface area contributed by atoms with Crippen LogP contribution >= 0.6 is 0 Å². The van der Waals surface area contributed by atoms with Crippen LogP contribution in [0.5, 0.6) is 5.88 Å². The third kappa shape index (κ3) is 6.43. The number of fused-ring (bicyclic) bond motifs is 1. The molecule has 0 bridgehead atoms. The van der Waals surface area contributed by atoms with Crippen LogP contribution in [-0.4, -0.2) is 40.6 Å². The molecule has 8 nitrogen and oxygen atoms in total. The number of rotatable bonds is 9. The molecule has 2 aromatic heterocycles. The van der Waals surface area contributed by atoms with Gasteiger partial charge in [0.2, 0.25) is 11.8 Å². The van der Waals surface area contributed by atoms with Gasteiger partial charge in [-0.15, -0.1) is 0 Å². The molecule has 1 saturated carbocycles. The number of ketones is 2. The Bertz CT molecular complexity index is 1090. The topological polar surface area (TPSA) is 125 Å². The minimum absolute atomic E-state index is 0.00613. The first-order chi connectivity index (χ1) is 16.1. The SMILES string of the molecule is COc1nccc2[nH]c(C(=O)C[C@@H](CC(C)(C)C)C(=O)N[C@H](C#N)C[C@@H]3CCCCC3=O)cc12. The molecule has 0 spiro atoms. The second kappa shape index (κ2) is 10.8. The van der Waals surface area contributed by atoms with E-state index in [2.05, 4.69) is 21.4 Å². The highest BCUT2D eigenvalue weighted by Crippen LogP contribution is 2.30. The zero-order chi connectivity index (χ0) is 24.9. The Morgan fingerprint density at radius 1 is 1.35 bits per heavy atom. The van der Waals surface area contributed by atoms with Crippen molar-refractivity contribution in [2.45, 2.75) is 71.8 Å². The van der Waals surface area contributed by atoms with Gasteiger partial charge < -0.3 is 15.0 Å². The molecule has 182 valence electrons. The maximum Gasteiger partial charge on any atom is 0.224 e. The summed E-state index contributed by atoms with van der Waals surface area (Å²) in [4.78, 5) is 45.8. The van der Waals surface area contributed by atoms with Crippen LogP contribution in [0.1, 0.15) is 76.2 Å². The first-order valence-electron chi connectivity index (χ1n) is 11.9. The van der Waals surface area contributed by atoms with Gasteiger partial charge in [0.05, 0.1) is 29.8 Å². The molecule has 2 N–H and O–H groups in total. The third-order valence-corrected chi connectivity index (χ3v) is 6.34. The van der Waals surface area contributed by atoms with Gasteiger partial charge in [-0.05, 0) is 43.2 Å². The maximum absolute atomic E-state index is 13.2. The van der Waals surface area contributed by atoms with E-state index in [1.807, 2.05) is 20.8 Å². The largest absolute Gasteiger partial charge is 0.481 e. The number of hydrogen-bond acceptors (Lipinski definition) is 6. The molecule has 34 heavy (non-hydrogen) atoms. The summed E-state index contributed by atoms with van der Waals surface area (Å²) in [6.45, 7) is 6.04. The van der Waals surface area contributed by atoms with E-state index in [1.165, 1.54) is 7.11 Å². The fraction of sp³-hybridized carbons (Fsp3) is 0.577. The van der Waals surface area contributed by atoms with Crippen LogP contribution in [0.3, 0.4) is 0 Å². The van der Waals surface area contributed by atoms with E-state index in [9.17, 15) is 19.6 Å². The lowest BCUT2D eigenvalue weighted by molar-refractivity contribution is -0.128. The Balaban J connectivity index is 1.74. The molecule has 1 aliphatic rings. The summed E-state index contributed by atoms with van der Waals surface area (Å²) in [5, 5.41) is 13.1. The highest BCUT2D eigenvalue weighted by atomic mass is 16.5. The van der Waals surface area contributed by atoms with Crippen LogP contribution in [-0.2, 0) is 9.59 Å². The van der Waals surface area contributed by atoms with Crippen LogP contribution < -0.4 is 10.1 Å². The maximum atomic E-state index is 13.2. The minimum atomic E-state index is -0.750. The van der Waals surface area contributed by atoms with Crippen molar-refractivity contribution in [3.63, 3.8) is 0 Å². The molecular weight excluding hydrogens is 432 g/mol. The van der Waals surface area contributed by atoms with Gasteiger partial charge in [0.15, 0.2) is 5.78 Å². The lowest BCUT2D eigenvalue weighted by Crippen LogP contribution is -2.42. The predicted molar refractivity (Wildman–Crippen MR) is 128 cm³/mol. The summed E-state index contributed by atoms with van der Waals surface area (Å²) in [6, 6.07) is 4.85. The lowest BCUT2D eigenvalue weighted by atomic mass is 9.81. The van der Waals surface area contributed by atoms with Crippen molar-refractivity contribution >= 4 is 28.4 Å². The summed E-state index contributed by atoms with van der Waals surface area (Å²) >= 11 is 0. The molecule has 0 unspecified atom stereocenters. The third-order valence-electron chi connectivity index (χ3n) is 6.34. The van der Waals surface area contributed by atoms with Gasteiger partial charge in [0.25, 0.3) is 0 Å². The Morgan fingerprint density at radius 3 is 2.76 bits per heavy atom. The van der Waals surface area contributed by atoms with E-state index in [0.717, 1.165) is 24.8 Å². The van der Waals surface area contributed by atoms with Crippen molar-refractivity contribution in [3.05, 3.63) is 24.0 Å². The number of amides is 1. The number of carbonyl (C=O) groups is 3. The highest BCUT2D eigenvalue weighted by Gasteiger charge is 2.31. The number of ether oxygens (including phenoxy) is 1. The number of aromatic amines is 1. The average molecular weight is 467 g/mol. The molecule has 3 atom stereocenters. The zero-order valence-corrected chi connectivity index (χ0v) is 20.4. The number of nitriles is 1. The molecule has 3 rings (SSSR count). The summed E-state index contributed by atoms with van der Waals surface area (Å²) in [6.07, 6.45) is 5.58. The first kappa shape index (κ1) is 25.4. The van der Waals surface area contributed by atoms with Gasteiger partial charge in [0.1, 0.15) is 11.8 Å². The Kier molecular flexibility index (Phi) is 8.08. The highest BCUT2D eigenvalue weighted by molar-refractivity contribution is 6.02. The summed E-state index contributed by atoms with van der Waals surface area (Å²) < 4.78 is 5.27. The Morgan fingerprint density at radius 2 is 2.12 bits per heavy atom. The molecular formula is C26H34N4O4. The van der Waals surface area contributed by atoms with Crippen molar-refractivity contribution in [2.24, 2.45) is 17.3 Å². The quantitative estimate of drug-likeness (QED) is 0.529. The number of H-pyrrole nitrogens is 1. The Hall–Kier alpha value is -3.21. The fourth-order valence-corrected chi connectivity index (χ4v) is 4.69. The number of hydrogen-bond donors (Lipinski definition) is 2. The Labute approximate surface area is 200 Å². The van der Waals surface area contributed by atoms with Crippen molar-refractivity contribution in [2.75, 3.05) is 7.11 Å². The van der Waals surface area contributed by atoms with Gasteiger partial charge in [0, 0.05) is 30.9 Å². The number of nitrogens with one attached hydrogen (secondary N) is 2. The van der Waals surface area contributed by atoms with E-state index >= 15 is 0 Å². The van der Waals surface area contributed by atoms with E-state index in [0.29, 0.717) is 36.2 Å². The molecule has 1 amide bonds. The van der Waals surface area contributed by atoms with Crippen molar-refractivity contribution < 1.29 is 19.1 Å². The number of Topliss-reactive ketones (excluding diaryl/α,β-unsaturated/α-hetero) is 2. The molecule has 0 aromatic carbocycles. The molecule has 8 heteroatoms. The molecule has 0 saturated heterocycles. The molecule has 1 fully saturated rings. The summed E-state index contributed by atoms with van der Waals surface area (Å²) in [5.41, 5.74) is 0.920. The first-order valence-corrected chi connectivity index (χ1v) is 11.9. The predicted octanol–water partition coefficient (Wildman–Crippen LogP) is 4.35. The van der Waals surface area contributed by atoms with Crippen molar-refractivity contribution in [1.82, 2.24) is 15.3 Å². The second-order valence-corrected chi connectivity index (χ2v) is 10.4. The van der Waals surface area contributed by atoms with E-state index in [4.69, 9.17) is 4.74 Å². The lowest BCUT2D eigenvalue weighted by Gasteiger charge is -2.27. The zero-order valence-electron chi connectivity index (χ0n) is 20.4. The van der Waals surface area contributed by atoms with Gasteiger partial charge in [-0.1, -0.05) is 27.2 Å². The monoisotopic (exact) mass is 466 g/mol. The van der Waals surface area contributed by atoms with Gasteiger partial charge >= 0.3 is 0 Å². The summed E-state index contributed by atoms with van der Waals surface area (Å²) in [5.74, 6) is -0.711. The van der Waals surface area contributed by atoms with Crippen molar-refractivity contribution in [3.8, 4) is 11.9 Å².